The molecule has 16 heavy (non-hydrogen) atoms. The zero-order valence-corrected chi connectivity index (χ0v) is 8.29. The molecule has 2 heterocycles. The fourth-order valence-electron chi connectivity index (χ4n) is 1.27. The molecule has 2 rings (SSSR count). The first-order chi connectivity index (χ1) is 7.77. The topological polar surface area (TPSA) is 75.1 Å². The van der Waals surface area contributed by atoms with Crippen molar-refractivity contribution in [2.75, 3.05) is 5.32 Å². The summed E-state index contributed by atoms with van der Waals surface area (Å²) in [6, 6.07) is 5.18. The average molecular weight is 215 g/mol. The Morgan fingerprint density at radius 2 is 2.00 bits per heavy atom. The fraction of sp³-hybridized carbons (Fsp3) is 0. The van der Waals surface area contributed by atoms with Gasteiger partial charge in [-0.15, -0.1) is 0 Å². The van der Waals surface area contributed by atoms with Crippen molar-refractivity contribution in [3.05, 3.63) is 48.5 Å². The Bertz CT molecular complexity index is 500. The van der Waals surface area contributed by atoms with Gasteiger partial charge < -0.3 is 10.4 Å². The number of hydrogen-bond acceptors (Lipinski definition) is 4. The molecule has 5 heteroatoms. The van der Waals surface area contributed by atoms with E-state index in [1.807, 2.05) is 0 Å². The molecule has 0 aromatic carbocycles. The van der Waals surface area contributed by atoms with Crippen molar-refractivity contribution in [2.45, 2.75) is 0 Å². The standard InChI is InChI=1S/C11H9N3O2/c15-11(16)9-7-13-5-3-10(9)14-8-2-1-4-12-6-8/h1-7H,(H,13,14)(H,15,16). The SMILES string of the molecule is O=C(O)c1cnccc1Nc1cccnc1. The summed E-state index contributed by atoms with van der Waals surface area (Å²) in [4.78, 5) is 18.6. The van der Waals surface area contributed by atoms with Crippen LogP contribution in [0.15, 0.2) is 43.0 Å². The molecule has 0 unspecified atom stereocenters. The van der Waals surface area contributed by atoms with Crippen LogP contribution in [0.2, 0.25) is 0 Å². The molecule has 0 fully saturated rings. The highest BCUT2D eigenvalue weighted by molar-refractivity contribution is 5.94. The summed E-state index contributed by atoms with van der Waals surface area (Å²) in [7, 11) is 0. The van der Waals surface area contributed by atoms with Crippen molar-refractivity contribution in [2.24, 2.45) is 0 Å². The van der Waals surface area contributed by atoms with E-state index in [9.17, 15) is 4.79 Å². The molecule has 80 valence electrons. The molecule has 0 aliphatic heterocycles. The number of rotatable bonds is 3. The first-order valence-electron chi connectivity index (χ1n) is 4.62. The summed E-state index contributed by atoms with van der Waals surface area (Å²) in [5.41, 5.74) is 1.36. The molecule has 0 saturated heterocycles. The number of pyridine rings is 2. The van der Waals surface area contributed by atoms with Gasteiger partial charge in [0.25, 0.3) is 0 Å². The highest BCUT2D eigenvalue weighted by atomic mass is 16.4. The van der Waals surface area contributed by atoms with E-state index in [1.54, 1.807) is 30.6 Å². The molecule has 0 bridgehead atoms. The lowest BCUT2D eigenvalue weighted by atomic mass is 10.2. The van der Waals surface area contributed by atoms with Crippen LogP contribution in [-0.4, -0.2) is 21.0 Å². The van der Waals surface area contributed by atoms with Gasteiger partial charge in [0.05, 0.1) is 17.6 Å². The molecule has 2 aromatic rings. The molecule has 2 N–H and O–H groups in total. The molecule has 0 aliphatic carbocycles. The largest absolute Gasteiger partial charge is 0.478 e. The van der Waals surface area contributed by atoms with E-state index in [-0.39, 0.29) is 5.56 Å². The second kappa shape index (κ2) is 4.39. The third kappa shape index (κ3) is 2.14. The number of aromatic carboxylic acids is 1. The Morgan fingerprint density at radius 3 is 2.69 bits per heavy atom. The Labute approximate surface area is 91.8 Å². The van der Waals surface area contributed by atoms with E-state index in [0.717, 1.165) is 5.69 Å². The van der Waals surface area contributed by atoms with Crippen LogP contribution in [0.3, 0.4) is 0 Å². The molecule has 5 nitrogen and oxygen atoms in total. The second-order valence-electron chi connectivity index (χ2n) is 3.09. The lowest BCUT2D eigenvalue weighted by molar-refractivity contribution is 0.0697. The Hall–Kier alpha value is -2.43. The smallest absolute Gasteiger partial charge is 0.339 e. The van der Waals surface area contributed by atoms with Crippen molar-refractivity contribution in [1.29, 1.82) is 0 Å². The van der Waals surface area contributed by atoms with Crippen molar-refractivity contribution in [3.63, 3.8) is 0 Å². The molecular weight excluding hydrogens is 206 g/mol. The quantitative estimate of drug-likeness (QED) is 0.818. The highest BCUT2D eigenvalue weighted by Crippen LogP contribution is 2.18. The van der Waals surface area contributed by atoms with E-state index in [0.29, 0.717) is 5.69 Å². The number of carboxylic acids is 1. The fourth-order valence-corrected chi connectivity index (χ4v) is 1.27. The number of hydrogen-bond donors (Lipinski definition) is 2. The van der Waals surface area contributed by atoms with Gasteiger partial charge in [0.1, 0.15) is 5.56 Å². The molecule has 0 atom stereocenters. The third-order valence-electron chi connectivity index (χ3n) is 1.99. The summed E-state index contributed by atoms with van der Waals surface area (Å²) in [5.74, 6) is -1.01. The van der Waals surface area contributed by atoms with Crippen LogP contribution < -0.4 is 5.32 Å². The Kier molecular flexibility index (Phi) is 2.77. The van der Waals surface area contributed by atoms with Gasteiger partial charge in [0.2, 0.25) is 0 Å². The number of aromatic nitrogens is 2. The van der Waals surface area contributed by atoms with Gasteiger partial charge in [-0.1, -0.05) is 0 Å². The van der Waals surface area contributed by atoms with Gasteiger partial charge in [0, 0.05) is 18.6 Å². The van der Waals surface area contributed by atoms with Crippen molar-refractivity contribution in [3.8, 4) is 0 Å². The van der Waals surface area contributed by atoms with Crippen LogP contribution >= 0.6 is 0 Å². The van der Waals surface area contributed by atoms with Gasteiger partial charge in [-0.3, -0.25) is 9.97 Å². The molecule has 0 saturated carbocycles. The first-order valence-corrected chi connectivity index (χ1v) is 4.62. The van der Waals surface area contributed by atoms with Crippen LogP contribution in [0.25, 0.3) is 0 Å². The maximum absolute atomic E-state index is 10.9. The van der Waals surface area contributed by atoms with Gasteiger partial charge in [-0.2, -0.15) is 0 Å². The molecule has 0 radical (unpaired) electrons. The van der Waals surface area contributed by atoms with Crippen molar-refractivity contribution in [1.82, 2.24) is 9.97 Å². The van der Waals surface area contributed by atoms with E-state index < -0.39 is 5.97 Å². The molecular formula is C11H9N3O2. The Morgan fingerprint density at radius 1 is 1.19 bits per heavy atom. The summed E-state index contributed by atoms with van der Waals surface area (Å²) in [6.45, 7) is 0. The van der Waals surface area contributed by atoms with E-state index in [1.165, 1.54) is 12.4 Å². The van der Waals surface area contributed by atoms with Gasteiger partial charge in [0.15, 0.2) is 0 Å². The zero-order valence-electron chi connectivity index (χ0n) is 8.29. The van der Waals surface area contributed by atoms with Crippen LogP contribution in [-0.2, 0) is 0 Å². The lowest BCUT2D eigenvalue weighted by Gasteiger charge is -2.07. The van der Waals surface area contributed by atoms with E-state index in [4.69, 9.17) is 5.11 Å². The summed E-state index contributed by atoms with van der Waals surface area (Å²) in [6.07, 6.45) is 6.11. The summed E-state index contributed by atoms with van der Waals surface area (Å²) in [5, 5.41) is 11.9. The average Bonchev–Trinajstić information content (AvgIpc) is 2.31. The first kappa shape index (κ1) is 10.1. The van der Waals surface area contributed by atoms with E-state index >= 15 is 0 Å². The molecule has 0 aliphatic rings. The number of carboxylic acid groups (broad SMARTS) is 1. The van der Waals surface area contributed by atoms with Gasteiger partial charge >= 0.3 is 5.97 Å². The third-order valence-corrected chi connectivity index (χ3v) is 1.99. The highest BCUT2D eigenvalue weighted by Gasteiger charge is 2.09. The minimum Gasteiger partial charge on any atom is -0.478 e. The van der Waals surface area contributed by atoms with Crippen LogP contribution in [0.4, 0.5) is 11.4 Å². The number of nitrogens with zero attached hydrogens (tertiary/aromatic N) is 2. The maximum Gasteiger partial charge on any atom is 0.339 e. The zero-order chi connectivity index (χ0) is 11.4. The van der Waals surface area contributed by atoms with Gasteiger partial charge in [-0.05, 0) is 18.2 Å². The van der Waals surface area contributed by atoms with Crippen molar-refractivity contribution >= 4 is 17.3 Å². The number of nitrogens with one attached hydrogen (secondary N) is 1. The van der Waals surface area contributed by atoms with Crippen LogP contribution in [0.1, 0.15) is 10.4 Å². The predicted molar refractivity (Wildman–Crippen MR) is 58.7 cm³/mol. The predicted octanol–water partition coefficient (Wildman–Crippen LogP) is 1.92. The second-order valence-corrected chi connectivity index (χ2v) is 3.09. The number of carbonyl (C=O) groups is 1. The summed E-state index contributed by atoms with van der Waals surface area (Å²) < 4.78 is 0. The van der Waals surface area contributed by atoms with Crippen LogP contribution in [0.5, 0.6) is 0 Å². The monoisotopic (exact) mass is 215 g/mol. The molecule has 0 spiro atoms. The maximum atomic E-state index is 10.9. The summed E-state index contributed by atoms with van der Waals surface area (Å²) >= 11 is 0. The lowest BCUT2D eigenvalue weighted by Crippen LogP contribution is -2.03. The minimum atomic E-state index is -1.01. The van der Waals surface area contributed by atoms with Crippen LogP contribution in [0, 0.1) is 0 Å². The normalized spacial score (nSPS) is 9.75. The number of anilines is 2. The minimum absolute atomic E-state index is 0.131. The molecule has 0 amide bonds. The Balaban J connectivity index is 2.31. The molecule has 2 aromatic heterocycles. The van der Waals surface area contributed by atoms with Gasteiger partial charge in [-0.25, -0.2) is 4.79 Å². The van der Waals surface area contributed by atoms with E-state index in [2.05, 4.69) is 15.3 Å². The van der Waals surface area contributed by atoms with Crippen molar-refractivity contribution < 1.29 is 9.90 Å².